The molecule has 7 heavy (non-hydrogen) atoms. The molecule has 0 heterocycles. The Kier molecular flexibility index (Phi) is 4.10. The van der Waals surface area contributed by atoms with Crippen LogP contribution in [0, 0.1) is 6.92 Å². The molecule has 1 nitrogen and oxygen atoms in total. The summed E-state index contributed by atoms with van der Waals surface area (Å²) in [7, 11) is 4.16. The maximum absolute atomic E-state index is 3.73. The average molecular weight is 100 g/mol. The van der Waals surface area contributed by atoms with Gasteiger partial charge in [0.2, 0.25) is 0 Å². The van der Waals surface area contributed by atoms with Crippen LogP contribution < -0.4 is 0 Å². The Labute approximate surface area is 46.3 Å². The third-order valence-corrected chi connectivity index (χ3v) is 0.855. The van der Waals surface area contributed by atoms with Crippen LogP contribution in [0.4, 0.5) is 0 Å². The molecule has 0 bridgehead atoms. The van der Waals surface area contributed by atoms with E-state index >= 15 is 0 Å². The molecule has 0 unspecified atom stereocenters. The van der Waals surface area contributed by atoms with Gasteiger partial charge in [0.05, 0.1) is 0 Å². The van der Waals surface area contributed by atoms with Crippen molar-refractivity contribution in [1.82, 2.24) is 4.90 Å². The molecular formula is C6H14N. The summed E-state index contributed by atoms with van der Waals surface area (Å²) in [5, 5.41) is 0. The number of hydrogen-bond donors (Lipinski definition) is 0. The third kappa shape index (κ3) is 5.96. The van der Waals surface area contributed by atoms with Crippen molar-refractivity contribution in [2.24, 2.45) is 0 Å². The van der Waals surface area contributed by atoms with E-state index < -0.39 is 0 Å². The first-order valence-corrected chi connectivity index (χ1v) is 2.71. The molecule has 0 aromatic carbocycles. The van der Waals surface area contributed by atoms with Gasteiger partial charge in [-0.3, -0.25) is 0 Å². The van der Waals surface area contributed by atoms with Gasteiger partial charge in [-0.15, -0.1) is 0 Å². The molecule has 0 aromatic heterocycles. The summed E-state index contributed by atoms with van der Waals surface area (Å²) >= 11 is 0. The molecule has 0 aliphatic carbocycles. The van der Waals surface area contributed by atoms with E-state index in [9.17, 15) is 0 Å². The molecule has 0 amide bonds. The first kappa shape index (κ1) is 6.96. The van der Waals surface area contributed by atoms with Crippen molar-refractivity contribution in [2.75, 3.05) is 20.6 Å². The van der Waals surface area contributed by atoms with Gasteiger partial charge >= 0.3 is 0 Å². The second-order valence-corrected chi connectivity index (χ2v) is 2.01. The molecule has 1 heteroatoms. The van der Waals surface area contributed by atoms with Gasteiger partial charge in [0.1, 0.15) is 0 Å². The molecule has 0 aromatic rings. The van der Waals surface area contributed by atoms with Crippen LogP contribution in [0.5, 0.6) is 0 Å². The van der Waals surface area contributed by atoms with Crippen molar-refractivity contribution in [3.05, 3.63) is 6.92 Å². The maximum atomic E-state index is 3.73. The predicted molar refractivity (Wildman–Crippen MR) is 33.1 cm³/mol. The van der Waals surface area contributed by atoms with Crippen molar-refractivity contribution in [2.45, 2.75) is 12.8 Å². The van der Waals surface area contributed by atoms with Crippen molar-refractivity contribution >= 4 is 0 Å². The second kappa shape index (κ2) is 4.13. The Balaban J connectivity index is 2.68. The highest BCUT2D eigenvalue weighted by atomic mass is 15.0. The fourth-order valence-electron chi connectivity index (χ4n) is 0.428. The number of hydrogen-bond acceptors (Lipinski definition) is 1. The minimum absolute atomic E-state index is 1.05. The second-order valence-electron chi connectivity index (χ2n) is 2.01. The van der Waals surface area contributed by atoms with E-state index in [0.717, 1.165) is 6.42 Å². The third-order valence-electron chi connectivity index (χ3n) is 0.855. The van der Waals surface area contributed by atoms with Gasteiger partial charge in [0.25, 0.3) is 0 Å². The lowest BCUT2D eigenvalue weighted by Crippen LogP contribution is -2.12. The maximum Gasteiger partial charge on any atom is -0.00248 e. The Morgan fingerprint density at radius 3 is 2.14 bits per heavy atom. The Morgan fingerprint density at radius 2 is 2.00 bits per heavy atom. The van der Waals surface area contributed by atoms with Crippen LogP contribution in [-0.2, 0) is 0 Å². The SMILES string of the molecule is [CH2]CCCN(C)C. The lowest BCUT2D eigenvalue weighted by atomic mass is 10.3. The topological polar surface area (TPSA) is 3.24 Å². The molecule has 0 aliphatic heterocycles. The van der Waals surface area contributed by atoms with E-state index in [0.29, 0.717) is 0 Å². The van der Waals surface area contributed by atoms with Crippen LogP contribution in [0.2, 0.25) is 0 Å². The lowest BCUT2D eigenvalue weighted by molar-refractivity contribution is 0.401. The average Bonchev–Trinajstić information content (AvgIpc) is 1.61. The molecule has 0 spiro atoms. The summed E-state index contributed by atoms with van der Waals surface area (Å²) in [4.78, 5) is 2.17. The fraction of sp³-hybridized carbons (Fsp3) is 0.833. The van der Waals surface area contributed by atoms with E-state index in [1.165, 1.54) is 13.0 Å². The van der Waals surface area contributed by atoms with Crippen LogP contribution in [0.1, 0.15) is 12.8 Å². The van der Waals surface area contributed by atoms with E-state index in [4.69, 9.17) is 0 Å². The summed E-state index contributed by atoms with van der Waals surface area (Å²) < 4.78 is 0. The Morgan fingerprint density at radius 1 is 1.43 bits per heavy atom. The first-order chi connectivity index (χ1) is 3.27. The zero-order valence-corrected chi connectivity index (χ0v) is 5.28. The molecule has 0 fully saturated rings. The smallest absolute Gasteiger partial charge is 0.00248 e. The summed E-state index contributed by atoms with van der Waals surface area (Å²) in [6.45, 7) is 4.90. The highest BCUT2D eigenvalue weighted by Gasteiger charge is 1.83. The van der Waals surface area contributed by atoms with E-state index in [1.807, 2.05) is 0 Å². The standard InChI is InChI=1S/C6H14N/c1-4-5-6-7(2)3/h1,4-6H2,2-3H3. The van der Waals surface area contributed by atoms with Crippen LogP contribution >= 0.6 is 0 Å². The Bertz CT molecular complexity index is 33.2. The van der Waals surface area contributed by atoms with Crippen molar-refractivity contribution in [3.8, 4) is 0 Å². The monoisotopic (exact) mass is 100 g/mol. The van der Waals surface area contributed by atoms with E-state index in [2.05, 4.69) is 25.9 Å². The van der Waals surface area contributed by atoms with Gasteiger partial charge in [-0.25, -0.2) is 0 Å². The molecule has 43 valence electrons. The predicted octanol–water partition coefficient (Wildman–Crippen LogP) is 1.16. The number of unbranched alkanes of at least 4 members (excludes halogenated alkanes) is 1. The van der Waals surface area contributed by atoms with Crippen LogP contribution in [0.3, 0.4) is 0 Å². The summed E-state index contributed by atoms with van der Waals surface area (Å²) in [5.41, 5.74) is 0. The van der Waals surface area contributed by atoms with Gasteiger partial charge in [-0.2, -0.15) is 0 Å². The normalized spacial score (nSPS) is 10.3. The van der Waals surface area contributed by atoms with Crippen molar-refractivity contribution in [1.29, 1.82) is 0 Å². The molecule has 0 saturated heterocycles. The number of nitrogens with zero attached hydrogens (tertiary/aromatic N) is 1. The molecule has 0 atom stereocenters. The van der Waals surface area contributed by atoms with Gasteiger partial charge in [0, 0.05) is 0 Å². The van der Waals surface area contributed by atoms with Crippen LogP contribution in [0.15, 0.2) is 0 Å². The van der Waals surface area contributed by atoms with E-state index in [-0.39, 0.29) is 0 Å². The largest absolute Gasteiger partial charge is 0.309 e. The zero-order valence-electron chi connectivity index (χ0n) is 5.28. The quantitative estimate of drug-likeness (QED) is 0.514. The van der Waals surface area contributed by atoms with Crippen molar-refractivity contribution < 1.29 is 0 Å². The van der Waals surface area contributed by atoms with Gasteiger partial charge in [0.15, 0.2) is 0 Å². The zero-order chi connectivity index (χ0) is 5.70. The highest BCUT2D eigenvalue weighted by molar-refractivity contribution is 4.44. The summed E-state index contributed by atoms with van der Waals surface area (Å²) in [5.74, 6) is 0. The molecule has 0 aliphatic rings. The minimum Gasteiger partial charge on any atom is -0.309 e. The fourth-order valence-corrected chi connectivity index (χ4v) is 0.428. The van der Waals surface area contributed by atoms with Crippen LogP contribution in [0.25, 0.3) is 0 Å². The van der Waals surface area contributed by atoms with E-state index in [1.54, 1.807) is 0 Å². The molecule has 0 rings (SSSR count). The van der Waals surface area contributed by atoms with Gasteiger partial charge in [-0.1, -0.05) is 13.3 Å². The Hall–Kier alpha value is -0.0400. The van der Waals surface area contributed by atoms with Gasteiger partial charge in [-0.05, 0) is 27.1 Å². The van der Waals surface area contributed by atoms with Gasteiger partial charge < -0.3 is 4.90 Å². The van der Waals surface area contributed by atoms with Crippen LogP contribution in [-0.4, -0.2) is 25.5 Å². The molecule has 1 radical (unpaired) electrons. The number of rotatable bonds is 3. The lowest BCUT2D eigenvalue weighted by Gasteiger charge is -2.05. The molecule has 0 N–H and O–H groups in total. The molecular weight excluding hydrogens is 86.1 g/mol. The van der Waals surface area contributed by atoms with Crippen molar-refractivity contribution in [3.63, 3.8) is 0 Å². The minimum atomic E-state index is 1.05. The highest BCUT2D eigenvalue weighted by Crippen LogP contribution is 1.85. The summed E-state index contributed by atoms with van der Waals surface area (Å²) in [6.07, 6.45) is 2.27. The molecule has 0 saturated carbocycles. The first-order valence-electron chi connectivity index (χ1n) is 2.71. The summed E-state index contributed by atoms with van der Waals surface area (Å²) in [6, 6.07) is 0.